The second-order valence-electron chi connectivity index (χ2n) is 5.89. The van der Waals surface area contributed by atoms with Crippen LogP contribution in [-0.4, -0.2) is 30.3 Å². The van der Waals surface area contributed by atoms with Gasteiger partial charge in [0.15, 0.2) is 0 Å². The Labute approximate surface area is 159 Å². The van der Waals surface area contributed by atoms with Crippen LogP contribution in [0.5, 0.6) is 0 Å². The van der Waals surface area contributed by atoms with Crippen LogP contribution in [0.2, 0.25) is 5.02 Å². The molecular weight excluding hydrogens is 375 g/mol. The van der Waals surface area contributed by atoms with Crippen molar-refractivity contribution in [3.8, 4) is 0 Å². The van der Waals surface area contributed by atoms with Crippen LogP contribution < -0.4 is 5.32 Å². The number of carbonyl (C=O) groups excluding carboxylic acids is 2. The number of aryl methyl sites for hydroxylation is 1. The zero-order chi connectivity index (χ0) is 18.8. The summed E-state index contributed by atoms with van der Waals surface area (Å²) < 4.78 is 14.7. The van der Waals surface area contributed by atoms with Crippen LogP contribution in [0.3, 0.4) is 0 Å². The number of rotatable bonds is 4. The van der Waals surface area contributed by atoms with Gasteiger partial charge in [-0.1, -0.05) is 17.7 Å². The Morgan fingerprint density at radius 1 is 1.19 bits per heavy atom. The smallest absolute Gasteiger partial charge is 0.264 e. The number of halogens is 2. The highest BCUT2D eigenvalue weighted by molar-refractivity contribution is 7.21. The highest BCUT2D eigenvalue weighted by Crippen LogP contribution is 2.33. The SMILES string of the molecule is Cc1c(C(=O)N(C)CC(=O)Nc2ccc(Cl)cc2)sc2cccc(F)c12. The number of carbonyl (C=O) groups is 2. The molecule has 1 aromatic heterocycles. The molecule has 0 aliphatic carbocycles. The summed E-state index contributed by atoms with van der Waals surface area (Å²) in [6.07, 6.45) is 0. The predicted octanol–water partition coefficient (Wildman–Crippen LogP) is 4.71. The number of nitrogens with one attached hydrogen (secondary N) is 1. The monoisotopic (exact) mass is 390 g/mol. The van der Waals surface area contributed by atoms with E-state index in [1.165, 1.54) is 22.3 Å². The minimum absolute atomic E-state index is 0.113. The maximum atomic E-state index is 14.0. The largest absolute Gasteiger partial charge is 0.332 e. The number of likely N-dealkylation sites (N-methyl/N-ethyl adjacent to an activating group) is 1. The molecule has 0 fully saturated rings. The Kier molecular flexibility index (Phi) is 5.25. The van der Waals surface area contributed by atoms with Gasteiger partial charge in [0.1, 0.15) is 5.82 Å². The van der Waals surface area contributed by atoms with Crippen LogP contribution in [0.1, 0.15) is 15.2 Å². The van der Waals surface area contributed by atoms with E-state index in [0.717, 1.165) is 0 Å². The van der Waals surface area contributed by atoms with Crippen molar-refractivity contribution in [2.24, 2.45) is 0 Å². The fraction of sp³-hybridized carbons (Fsp3) is 0.158. The minimum atomic E-state index is -0.349. The van der Waals surface area contributed by atoms with E-state index in [0.29, 0.717) is 31.2 Å². The molecule has 2 aromatic carbocycles. The number of amides is 2. The average Bonchev–Trinajstić information content (AvgIpc) is 2.94. The first-order valence-corrected chi connectivity index (χ1v) is 9.04. The molecule has 7 heteroatoms. The molecule has 26 heavy (non-hydrogen) atoms. The van der Waals surface area contributed by atoms with Gasteiger partial charge < -0.3 is 10.2 Å². The first kappa shape index (κ1) is 18.4. The highest BCUT2D eigenvalue weighted by atomic mass is 35.5. The van der Waals surface area contributed by atoms with E-state index in [2.05, 4.69) is 5.32 Å². The van der Waals surface area contributed by atoms with E-state index in [4.69, 9.17) is 11.6 Å². The molecule has 0 bridgehead atoms. The summed E-state index contributed by atoms with van der Waals surface area (Å²) in [7, 11) is 1.55. The molecule has 0 aliphatic rings. The average molecular weight is 391 g/mol. The lowest BCUT2D eigenvalue weighted by atomic mass is 10.1. The summed E-state index contributed by atoms with van der Waals surface area (Å²) in [5, 5.41) is 3.74. The lowest BCUT2D eigenvalue weighted by Gasteiger charge is -2.16. The number of thiophene rings is 1. The van der Waals surface area contributed by atoms with Gasteiger partial charge in [0.25, 0.3) is 5.91 Å². The van der Waals surface area contributed by atoms with Crippen molar-refractivity contribution >= 4 is 50.5 Å². The maximum absolute atomic E-state index is 14.0. The van der Waals surface area contributed by atoms with Gasteiger partial charge in [-0.15, -0.1) is 11.3 Å². The summed E-state index contributed by atoms with van der Waals surface area (Å²) in [5.41, 5.74) is 1.19. The van der Waals surface area contributed by atoms with Gasteiger partial charge in [0, 0.05) is 27.8 Å². The zero-order valence-electron chi connectivity index (χ0n) is 14.2. The van der Waals surface area contributed by atoms with Crippen LogP contribution >= 0.6 is 22.9 Å². The first-order chi connectivity index (χ1) is 12.4. The summed E-state index contributed by atoms with van der Waals surface area (Å²) in [6, 6.07) is 11.5. The Morgan fingerprint density at radius 3 is 2.54 bits per heavy atom. The summed E-state index contributed by atoms with van der Waals surface area (Å²) in [4.78, 5) is 26.6. The summed E-state index contributed by atoms with van der Waals surface area (Å²) in [6.45, 7) is 1.61. The third kappa shape index (κ3) is 3.71. The van der Waals surface area contributed by atoms with Gasteiger partial charge in [0.2, 0.25) is 5.91 Å². The van der Waals surface area contributed by atoms with Crippen LogP contribution in [0.15, 0.2) is 42.5 Å². The van der Waals surface area contributed by atoms with E-state index >= 15 is 0 Å². The quantitative estimate of drug-likeness (QED) is 0.701. The van der Waals surface area contributed by atoms with Crippen LogP contribution in [-0.2, 0) is 4.79 Å². The molecule has 0 atom stereocenters. The molecule has 0 saturated heterocycles. The Morgan fingerprint density at radius 2 is 1.88 bits per heavy atom. The second-order valence-corrected chi connectivity index (χ2v) is 7.37. The summed E-state index contributed by atoms with van der Waals surface area (Å²) >= 11 is 7.04. The van der Waals surface area contributed by atoms with Crippen molar-refractivity contribution < 1.29 is 14.0 Å². The number of hydrogen-bond donors (Lipinski definition) is 1. The fourth-order valence-electron chi connectivity index (χ4n) is 2.65. The molecule has 1 N–H and O–H groups in total. The van der Waals surface area contributed by atoms with E-state index in [1.807, 2.05) is 0 Å². The van der Waals surface area contributed by atoms with Gasteiger partial charge in [-0.3, -0.25) is 9.59 Å². The molecule has 0 aliphatic heterocycles. The maximum Gasteiger partial charge on any atom is 0.264 e. The van der Waals surface area contributed by atoms with Crippen LogP contribution in [0.25, 0.3) is 10.1 Å². The minimum Gasteiger partial charge on any atom is -0.332 e. The van der Waals surface area contributed by atoms with Gasteiger partial charge in [-0.25, -0.2) is 4.39 Å². The van der Waals surface area contributed by atoms with Gasteiger partial charge >= 0.3 is 0 Å². The van der Waals surface area contributed by atoms with Crippen molar-refractivity contribution in [1.29, 1.82) is 0 Å². The van der Waals surface area contributed by atoms with Crippen molar-refractivity contribution in [3.05, 3.63) is 63.7 Å². The van der Waals surface area contributed by atoms with Crippen LogP contribution in [0.4, 0.5) is 10.1 Å². The lowest BCUT2D eigenvalue weighted by Crippen LogP contribution is -2.34. The Hall–Kier alpha value is -2.44. The Bertz CT molecular complexity index is 985. The highest BCUT2D eigenvalue weighted by Gasteiger charge is 2.22. The molecule has 1 heterocycles. The predicted molar refractivity (Wildman–Crippen MR) is 104 cm³/mol. The first-order valence-electron chi connectivity index (χ1n) is 7.85. The molecule has 134 valence electrons. The fourth-order valence-corrected chi connectivity index (χ4v) is 4.00. The molecule has 3 rings (SSSR count). The molecule has 0 spiro atoms. The molecule has 3 aromatic rings. The van der Waals surface area contributed by atoms with E-state index in [9.17, 15) is 14.0 Å². The van der Waals surface area contributed by atoms with Crippen molar-refractivity contribution in [2.45, 2.75) is 6.92 Å². The van der Waals surface area contributed by atoms with Crippen molar-refractivity contribution in [1.82, 2.24) is 4.90 Å². The van der Waals surface area contributed by atoms with E-state index < -0.39 is 0 Å². The topological polar surface area (TPSA) is 49.4 Å². The van der Waals surface area contributed by atoms with Gasteiger partial charge in [-0.2, -0.15) is 0 Å². The molecule has 2 amide bonds. The molecule has 4 nitrogen and oxygen atoms in total. The van der Waals surface area contributed by atoms with Crippen molar-refractivity contribution in [3.63, 3.8) is 0 Å². The summed E-state index contributed by atoms with van der Waals surface area (Å²) in [5.74, 6) is -0.985. The van der Waals surface area contributed by atoms with Gasteiger partial charge in [-0.05, 0) is 48.9 Å². The third-order valence-electron chi connectivity index (χ3n) is 3.95. The number of nitrogens with zero attached hydrogens (tertiary/aromatic N) is 1. The van der Waals surface area contributed by atoms with E-state index in [1.54, 1.807) is 50.4 Å². The van der Waals surface area contributed by atoms with Gasteiger partial charge in [0.05, 0.1) is 11.4 Å². The number of benzene rings is 2. The van der Waals surface area contributed by atoms with E-state index in [-0.39, 0.29) is 24.2 Å². The third-order valence-corrected chi connectivity index (χ3v) is 5.45. The normalized spacial score (nSPS) is 10.8. The lowest BCUT2D eigenvalue weighted by molar-refractivity contribution is -0.116. The Balaban J connectivity index is 1.73. The van der Waals surface area contributed by atoms with Crippen molar-refractivity contribution in [2.75, 3.05) is 18.9 Å². The zero-order valence-corrected chi connectivity index (χ0v) is 15.7. The molecular formula is C19H16ClFN2O2S. The second kappa shape index (κ2) is 7.43. The molecule has 0 unspecified atom stereocenters. The standard InChI is InChI=1S/C19H16ClFN2O2S/c1-11-17-14(21)4-3-5-15(17)26-18(11)19(25)23(2)10-16(24)22-13-8-6-12(20)7-9-13/h3-9H,10H2,1-2H3,(H,22,24). The molecule has 0 radical (unpaired) electrons. The number of fused-ring (bicyclic) bond motifs is 1. The van der Waals surface area contributed by atoms with Crippen LogP contribution in [0, 0.1) is 12.7 Å². The number of anilines is 1. The number of hydrogen-bond acceptors (Lipinski definition) is 3. The molecule has 0 saturated carbocycles.